The second kappa shape index (κ2) is 8.01. The Bertz CT molecular complexity index is 814. The number of anilines is 1. The number of pyridine rings is 1. The Labute approximate surface area is 145 Å². The molecule has 1 amide bonds. The summed E-state index contributed by atoms with van der Waals surface area (Å²) in [5, 5.41) is 6.06. The minimum Gasteiger partial charge on any atom is -0.497 e. The Morgan fingerprint density at radius 1 is 1.16 bits per heavy atom. The molecule has 2 heterocycles. The van der Waals surface area contributed by atoms with E-state index in [0.29, 0.717) is 18.7 Å². The molecule has 6 nitrogen and oxygen atoms in total. The van der Waals surface area contributed by atoms with Gasteiger partial charge in [-0.05, 0) is 35.9 Å². The standard InChI is InChI=1S/C19H19N3O3/c1-24-17-6-4-14(5-7-17)10-22-19(23)15-9-16(12-20-11-15)21-13-18-3-2-8-25-18/h2-9,11-12,21H,10,13H2,1H3,(H,22,23). The van der Waals surface area contributed by atoms with E-state index in [2.05, 4.69) is 15.6 Å². The second-order valence-electron chi connectivity index (χ2n) is 5.43. The van der Waals surface area contributed by atoms with Crippen molar-refractivity contribution in [1.29, 1.82) is 0 Å². The molecule has 0 aliphatic carbocycles. The van der Waals surface area contributed by atoms with Crippen molar-refractivity contribution in [2.24, 2.45) is 0 Å². The van der Waals surface area contributed by atoms with Gasteiger partial charge in [-0.15, -0.1) is 0 Å². The number of rotatable bonds is 7. The van der Waals surface area contributed by atoms with Crippen LogP contribution in [0.1, 0.15) is 21.7 Å². The van der Waals surface area contributed by atoms with Crippen LogP contribution in [0.2, 0.25) is 0 Å². The summed E-state index contributed by atoms with van der Waals surface area (Å²) in [5.41, 5.74) is 2.25. The molecule has 0 saturated heterocycles. The first-order valence-electron chi connectivity index (χ1n) is 7.87. The van der Waals surface area contributed by atoms with Gasteiger partial charge >= 0.3 is 0 Å². The first kappa shape index (κ1) is 16.6. The van der Waals surface area contributed by atoms with Crippen LogP contribution in [-0.4, -0.2) is 18.0 Å². The van der Waals surface area contributed by atoms with Crippen molar-refractivity contribution in [2.45, 2.75) is 13.1 Å². The summed E-state index contributed by atoms with van der Waals surface area (Å²) in [6.07, 6.45) is 4.84. The molecule has 0 aliphatic heterocycles. The highest BCUT2D eigenvalue weighted by molar-refractivity contribution is 5.94. The normalized spacial score (nSPS) is 10.3. The van der Waals surface area contributed by atoms with Crippen LogP contribution in [0.25, 0.3) is 0 Å². The number of amides is 1. The number of furan rings is 1. The quantitative estimate of drug-likeness (QED) is 0.692. The topological polar surface area (TPSA) is 76.4 Å². The summed E-state index contributed by atoms with van der Waals surface area (Å²) in [5.74, 6) is 1.42. The van der Waals surface area contributed by atoms with E-state index in [0.717, 1.165) is 22.8 Å². The number of methoxy groups -OCH3 is 1. The summed E-state index contributed by atoms with van der Waals surface area (Å²) in [4.78, 5) is 16.4. The largest absolute Gasteiger partial charge is 0.497 e. The van der Waals surface area contributed by atoms with E-state index in [4.69, 9.17) is 9.15 Å². The SMILES string of the molecule is COc1ccc(CNC(=O)c2cncc(NCc3ccco3)c2)cc1. The zero-order valence-electron chi connectivity index (χ0n) is 13.9. The molecule has 3 rings (SSSR count). The predicted octanol–water partition coefficient (Wildman–Crippen LogP) is 3.23. The molecule has 0 spiro atoms. The highest BCUT2D eigenvalue weighted by Gasteiger charge is 2.07. The number of carbonyl (C=O) groups excluding carboxylic acids is 1. The molecule has 0 unspecified atom stereocenters. The van der Waals surface area contributed by atoms with Gasteiger partial charge in [0, 0.05) is 18.9 Å². The molecule has 0 aliphatic rings. The first-order valence-corrected chi connectivity index (χ1v) is 7.87. The van der Waals surface area contributed by atoms with Gasteiger partial charge in [0.2, 0.25) is 0 Å². The lowest BCUT2D eigenvalue weighted by Gasteiger charge is -2.08. The van der Waals surface area contributed by atoms with E-state index >= 15 is 0 Å². The van der Waals surface area contributed by atoms with Gasteiger partial charge in [0.1, 0.15) is 11.5 Å². The van der Waals surface area contributed by atoms with E-state index in [1.165, 1.54) is 0 Å². The first-order chi connectivity index (χ1) is 12.2. The van der Waals surface area contributed by atoms with Gasteiger partial charge in [0.25, 0.3) is 5.91 Å². The maximum absolute atomic E-state index is 12.3. The summed E-state index contributed by atoms with van der Waals surface area (Å²) >= 11 is 0. The Morgan fingerprint density at radius 2 is 2.00 bits per heavy atom. The average Bonchev–Trinajstić information content (AvgIpc) is 3.19. The molecule has 2 aromatic heterocycles. The fraction of sp³-hybridized carbons (Fsp3) is 0.158. The van der Waals surface area contributed by atoms with Crippen LogP contribution in [0.3, 0.4) is 0 Å². The van der Waals surface area contributed by atoms with Gasteiger partial charge < -0.3 is 19.8 Å². The molecule has 0 saturated carbocycles. The van der Waals surface area contributed by atoms with Crippen LogP contribution >= 0.6 is 0 Å². The molecule has 1 aromatic carbocycles. The van der Waals surface area contributed by atoms with Crippen LogP contribution in [0.5, 0.6) is 5.75 Å². The lowest BCUT2D eigenvalue weighted by Crippen LogP contribution is -2.23. The number of carbonyl (C=O) groups is 1. The fourth-order valence-electron chi connectivity index (χ4n) is 2.29. The van der Waals surface area contributed by atoms with Crippen LogP contribution in [0.4, 0.5) is 5.69 Å². The third-order valence-corrected chi connectivity index (χ3v) is 3.66. The van der Waals surface area contributed by atoms with Gasteiger partial charge in [-0.25, -0.2) is 0 Å². The van der Waals surface area contributed by atoms with Gasteiger partial charge in [-0.1, -0.05) is 12.1 Å². The Kier molecular flexibility index (Phi) is 5.31. The molecule has 0 radical (unpaired) electrons. The summed E-state index contributed by atoms with van der Waals surface area (Å²) in [7, 11) is 1.62. The van der Waals surface area contributed by atoms with Crippen LogP contribution in [-0.2, 0) is 13.1 Å². The number of ether oxygens (including phenoxy) is 1. The van der Waals surface area contributed by atoms with E-state index in [9.17, 15) is 4.79 Å². The molecule has 0 bridgehead atoms. The summed E-state index contributed by atoms with van der Waals surface area (Å²) in [6, 6.07) is 13.0. The third kappa shape index (κ3) is 4.60. The molecule has 6 heteroatoms. The predicted molar refractivity (Wildman–Crippen MR) is 94.4 cm³/mol. The van der Waals surface area contributed by atoms with Crippen molar-refractivity contribution < 1.29 is 13.9 Å². The van der Waals surface area contributed by atoms with E-state index in [-0.39, 0.29) is 5.91 Å². The number of benzene rings is 1. The van der Waals surface area contributed by atoms with Crippen molar-refractivity contribution >= 4 is 11.6 Å². The maximum Gasteiger partial charge on any atom is 0.253 e. The minimum absolute atomic E-state index is 0.176. The highest BCUT2D eigenvalue weighted by Crippen LogP contribution is 2.13. The number of nitrogens with one attached hydrogen (secondary N) is 2. The number of aromatic nitrogens is 1. The number of nitrogens with zero attached hydrogens (tertiary/aromatic N) is 1. The molecule has 3 aromatic rings. The number of hydrogen-bond donors (Lipinski definition) is 2. The Hall–Kier alpha value is -3.28. The zero-order chi connectivity index (χ0) is 17.5. The summed E-state index contributed by atoms with van der Waals surface area (Å²) < 4.78 is 10.4. The van der Waals surface area contributed by atoms with Gasteiger partial charge in [-0.2, -0.15) is 0 Å². The lowest BCUT2D eigenvalue weighted by molar-refractivity contribution is 0.0950. The van der Waals surface area contributed by atoms with E-state index in [1.807, 2.05) is 36.4 Å². The molecule has 2 N–H and O–H groups in total. The second-order valence-corrected chi connectivity index (χ2v) is 5.43. The molecule has 25 heavy (non-hydrogen) atoms. The molecule has 0 atom stereocenters. The van der Waals surface area contributed by atoms with Crippen molar-refractivity contribution in [2.75, 3.05) is 12.4 Å². The van der Waals surface area contributed by atoms with Crippen LogP contribution < -0.4 is 15.4 Å². The van der Waals surface area contributed by atoms with Crippen molar-refractivity contribution in [3.8, 4) is 5.75 Å². The lowest BCUT2D eigenvalue weighted by atomic mass is 10.2. The smallest absolute Gasteiger partial charge is 0.253 e. The highest BCUT2D eigenvalue weighted by atomic mass is 16.5. The average molecular weight is 337 g/mol. The molecular weight excluding hydrogens is 318 g/mol. The van der Waals surface area contributed by atoms with Crippen LogP contribution in [0.15, 0.2) is 65.5 Å². The molecule has 0 fully saturated rings. The van der Waals surface area contributed by atoms with Crippen LogP contribution in [0, 0.1) is 0 Å². The third-order valence-electron chi connectivity index (χ3n) is 3.66. The summed E-state index contributed by atoms with van der Waals surface area (Å²) in [6.45, 7) is 0.971. The van der Waals surface area contributed by atoms with Crippen molar-refractivity contribution in [1.82, 2.24) is 10.3 Å². The van der Waals surface area contributed by atoms with Gasteiger partial charge in [-0.3, -0.25) is 9.78 Å². The van der Waals surface area contributed by atoms with Crippen molar-refractivity contribution in [3.63, 3.8) is 0 Å². The van der Waals surface area contributed by atoms with Gasteiger partial charge in [0.05, 0.1) is 31.2 Å². The van der Waals surface area contributed by atoms with Crippen molar-refractivity contribution in [3.05, 3.63) is 78.0 Å². The fourth-order valence-corrected chi connectivity index (χ4v) is 2.29. The molecule has 128 valence electrons. The maximum atomic E-state index is 12.3. The monoisotopic (exact) mass is 337 g/mol. The minimum atomic E-state index is -0.176. The molecular formula is C19H19N3O3. The zero-order valence-corrected chi connectivity index (χ0v) is 13.9. The Balaban J connectivity index is 1.56. The number of hydrogen-bond acceptors (Lipinski definition) is 5. The van der Waals surface area contributed by atoms with E-state index < -0.39 is 0 Å². The van der Waals surface area contributed by atoms with E-state index in [1.54, 1.807) is 31.8 Å². The van der Waals surface area contributed by atoms with Gasteiger partial charge in [0.15, 0.2) is 0 Å². The Morgan fingerprint density at radius 3 is 2.72 bits per heavy atom.